The molecule has 1 aromatic carbocycles. The van der Waals surface area contributed by atoms with E-state index in [1.807, 2.05) is 0 Å². The first kappa shape index (κ1) is 13.1. The van der Waals surface area contributed by atoms with Crippen molar-refractivity contribution in [3.63, 3.8) is 0 Å². The Kier molecular flexibility index (Phi) is 4.01. The van der Waals surface area contributed by atoms with Crippen molar-refractivity contribution in [2.45, 2.75) is 31.9 Å². The lowest BCUT2D eigenvalue weighted by atomic mass is 10.2. The maximum absolute atomic E-state index is 11.7. The maximum Gasteiger partial charge on any atom is 0.260 e. The number of ether oxygens (including phenoxy) is 1. The predicted molar refractivity (Wildman–Crippen MR) is 70.8 cm³/mol. The molecule has 0 aromatic heterocycles. The summed E-state index contributed by atoms with van der Waals surface area (Å²) in [6.45, 7) is 1.67. The Balaban J connectivity index is 2.03. The van der Waals surface area contributed by atoms with Crippen molar-refractivity contribution >= 4 is 28.1 Å². The van der Waals surface area contributed by atoms with Crippen LogP contribution in [0.2, 0.25) is 0 Å². The van der Waals surface area contributed by atoms with E-state index in [2.05, 4.69) is 21.2 Å². The third kappa shape index (κ3) is 3.32. The Morgan fingerprint density at radius 2 is 2.28 bits per heavy atom. The SMILES string of the molecule is C[C@H](Oc1ccc(Br)cc1C=O)C(=O)NC1CC1. The Morgan fingerprint density at radius 1 is 1.56 bits per heavy atom. The minimum absolute atomic E-state index is 0.141. The van der Waals surface area contributed by atoms with Gasteiger partial charge in [0.15, 0.2) is 12.4 Å². The predicted octanol–water partition coefficient (Wildman–Crippen LogP) is 2.31. The second-order valence-electron chi connectivity index (χ2n) is 4.34. The number of aldehydes is 1. The summed E-state index contributed by atoms with van der Waals surface area (Å²) in [5.74, 6) is 0.281. The van der Waals surface area contributed by atoms with Gasteiger partial charge in [-0.3, -0.25) is 9.59 Å². The van der Waals surface area contributed by atoms with E-state index in [1.165, 1.54) is 0 Å². The second-order valence-corrected chi connectivity index (χ2v) is 5.26. The molecule has 1 saturated carbocycles. The number of benzene rings is 1. The molecule has 1 aliphatic carbocycles. The average molecular weight is 312 g/mol. The van der Waals surface area contributed by atoms with E-state index in [1.54, 1.807) is 25.1 Å². The van der Waals surface area contributed by atoms with Gasteiger partial charge in [-0.1, -0.05) is 15.9 Å². The summed E-state index contributed by atoms with van der Waals surface area (Å²) in [6, 6.07) is 5.41. The molecule has 0 aliphatic heterocycles. The molecule has 18 heavy (non-hydrogen) atoms. The van der Waals surface area contributed by atoms with Crippen LogP contribution in [0.5, 0.6) is 5.75 Å². The van der Waals surface area contributed by atoms with E-state index in [0.29, 0.717) is 23.6 Å². The Bertz CT molecular complexity index is 471. The summed E-state index contributed by atoms with van der Waals surface area (Å²) in [7, 11) is 0. The second kappa shape index (κ2) is 5.52. The Morgan fingerprint density at radius 3 is 2.89 bits per heavy atom. The zero-order valence-corrected chi connectivity index (χ0v) is 11.6. The first-order valence-electron chi connectivity index (χ1n) is 5.82. The number of carbonyl (C=O) groups excluding carboxylic acids is 2. The van der Waals surface area contributed by atoms with E-state index >= 15 is 0 Å². The van der Waals surface area contributed by atoms with Crippen molar-refractivity contribution in [2.24, 2.45) is 0 Å². The minimum atomic E-state index is -0.606. The van der Waals surface area contributed by atoms with Crippen LogP contribution in [0.15, 0.2) is 22.7 Å². The van der Waals surface area contributed by atoms with Crippen LogP contribution in [0.1, 0.15) is 30.1 Å². The summed E-state index contributed by atoms with van der Waals surface area (Å²) in [5, 5.41) is 2.86. The molecule has 1 atom stereocenters. The van der Waals surface area contributed by atoms with E-state index in [9.17, 15) is 9.59 Å². The molecule has 0 heterocycles. The van der Waals surface area contributed by atoms with Crippen LogP contribution >= 0.6 is 15.9 Å². The maximum atomic E-state index is 11.7. The highest BCUT2D eigenvalue weighted by molar-refractivity contribution is 9.10. The van der Waals surface area contributed by atoms with Gasteiger partial charge in [-0.15, -0.1) is 0 Å². The molecule has 1 N–H and O–H groups in total. The van der Waals surface area contributed by atoms with E-state index in [-0.39, 0.29) is 5.91 Å². The molecule has 96 valence electrons. The molecule has 4 nitrogen and oxygen atoms in total. The van der Waals surface area contributed by atoms with Crippen molar-refractivity contribution in [1.29, 1.82) is 0 Å². The molecule has 0 spiro atoms. The van der Waals surface area contributed by atoms with Crippen molar-refractivity contribution in [2.75, 3.05) is 0 Å². The molecule has 0 bridgehead atoms. The number of halogens is 1. The summed E-state index contributed by atoms with van der Waals surface area (Å²) in [5.41, 5.74) is 0.426. The zero-order valence-electron chi connectivity index (χ0n) is 9.98. The lowest BCUT2D eigenvalue weighted by Crippen LogP contribution is -2.37. The van der Waals surface area contributed by atoms with Gasteiger partial charge in [0.1, 0.15) is 5.75 Å². The van der Waals surface area contributed by atoms with Gasteiger partial charge < -0.3 is 10.1 Å². The fourth-order valence-corrected chi connectivity index (χ4v) is 1.89. The molecule has 1 aromatic rings. The number of hydrogen-bond acceptors (Lipinski definition) is 3. The largest absolute Gasteiger partial charge is 0.480 e. The summed E-state index contributed by atoms with van der Waals surface area (Å²) in [4.78, 5) is 22.6. The van der Waals surface area contributed by atoms with Crippen LogP contribution < -0.4 is 10.1 Å². The van der Waals surface area contributed by atoms with Crippen LogP contribution in [0.3, 0.4) is 0 Å². The average Bonchev–Trinajstić information content (AvgIpc) is 3.15. The molecule has 0 saturated heterocycles. The fraction of sp³-hybridized carbons (Fsp3) is 0.385. The Hall–Kier alpha value is -1.36. The van der Waals surface area contributed by atoms with Gasteiger partial charge in [-0.2, -0.15) is 0 Å². The quantitative estimate of drug-likeness (QED) is 0.849. The highest BCUT2D eigenvalue weighted by atomic mass is 79.9. The topological polar surface area (TPSA) is 55.4 Å². The molecular weight excluding hydrogens is 298 g/mol. The zero-order chi connectivity index (χ0) is 13.1. The molecule has 1 fully saturated rings. The van der Waals surface area contributed by atoms with Gasteiger partial charge in [0.2, 0.25) is 0 Å². The smallest absolute Gasteiger partial charge is 0.260 e. The number of rotatable bonds is 5. The highest BCUT2D eigenvalue weighted by Gasteiger charge is 2.26. The first-order chi connectivity index (χ1) is 8.60. The van der Waals surface area contributed by atoms with Crippen molar-refractivity contribution in [1.82, 2.24) is 5.32 Å². The standard InChI is InChI=1S/C13H14BrNO3/c1-8(13(17)15-11-3-4-11)18-12-5-2-10(14)6-9(12)7-16/h2,5-8,11H,3-4H2,1H3,(H,15,17)/t8-/m0/s1. The van der Waals surface area contributed by atoms with Gasteiger partial charge >= 0.3 is 0 Å². The number of hydrogen-bond donors (Lipinski definition) is 1. The number of nitrogens with one attached hydrogen (secondary N) is 1. The highest BCUT2D eigenvalue weighted by Crippen LogP contribution is 2.23. The minimum Gasteiger partial charge on any atom is -0.480 e. The Labute approximate surface area is 114 Å². The van der Waals surface area contributed by atoms with Crippen molar-refractivity contribution in [3.8, 4) is 5.75 Å². The van der Waals surface area contributed by atoms with Gasteiger partial charge in [0.05, 0.1) is 5.56 Å². The van der Waals surface area contributed by atoms with Gasteiger partial charge in [0.25, 0.3) is 5.91 Å². The summed E-state index contributed by atoms with van der Waals surface area (Å²) >= 11 is 3.28. The molecule has 0 unspecified atom stereocenters. The van der Waals surface area contributed by atoms with Crippen molar-refractivity contribution < 1.29 is 14.3 Å². The monoisotopic (exact) mass is 311 g/mol. The van der Waals surface area contributed by atoms with E-state index < -0.39 is 6.10 Å². The van der Waals surface area contributed by atoms with Crippen LogP contribution in [0.25, 0.3) is 0 Å². The van der Waals surface area contributed by atoms with Gasteiger partial charge in [-0.25, -0.2) is 0 Å². The van der Waals surface area contributed by atoms with E-state index in [4.69, 9.17) is 4.74 Å². The first-order valence-corrected chi connectivity index (χ1v) is 6.61. The third-order valence-electron chi connectivity index (χ3n) is 2.70. The molecule has 0 radical (unpaired) electrons. The molecule has 5 heteroatoms. The van der Waals surface area contributed by atoms with Crippen LogP contribution in [-0.4, -0.2) is 24.3 Å². The number of carbonyl (C=O) groups is 2. The van der Waals surface area contributed by atoms with Crippen LogP contribution in [0.4, 0.5) is 0 Å². The van der Waals surface area contributed by atoms with E-state index in [0.717, 1.165) is 17.3 Å². The van der Waals surface area contributed by atoms with Crippen molar-refractivity contribution in [3.05, 3.63) is 28.2 Å². The summed E-state index contributed by atoms with van der Waals surface area (Å²) in [6.07, 6.45) is 2.18. The molecule has 2 rings (SSSR count). The van der Waals surface area contributed by atoms with Crippen LogP contribution in [-0.2, 0) is 4.79 Å². The van der Waals surface area contributed by atoms with Gasteiger partial charge in [-0.05, 0) is 38.0 Å². The molecule has 1 amide bonds. The molecule has 1 aliphatic rings. The third-order valence-corrected chi connectivity index (χ3v) is 3.19. The fourth-order valence-electron chi connectivity index (χ4n) is 1.51. The normalized spacial score (nSPS) is 15.9. The summed E-state index contributed by atoms with van der Waals surface area (Å²) < 4.78 is 6.32. The lowest BCUT2D eigenvalue weighted by molar-refractivity contribution is -0.127. The number of amides is 1. The lowest BCUT2D eigenvalue weighted by Gasteiger charge is -2.15. The van der Waals surface area contributed by atoms with Gasteiger partial charge in [0, 0.05) is 10.5 Å². The molecular formula is C13H14BrNO3. The van der Waals surface area contributed by atoms with Crippen LogP contribution in [0, 0.1) is 0 Å².